The summed E-state index contributed by atoms with van der Waals surface area (Å²) in [7, 11) is 1.93. The molecule has 1 atom stereocenters. The van der Waals surface area contributed by atoms with Gasteiger partial charge in [0.15, 0.2) is 0 Å². The number of rotatable bonds is 7. The van der Waals surface area contributed by atoms with E-state index in [4.69, 9.17) is 5.73 Å². The average Bonchev–Trinajstić information content (AvgIpc) is 2.60. The first-order chi connectivity index (χ1) is 12.5. The monoisotopic (exact) mass is 355 g/mol. The van der Waals surface area contributed by atoms with Gasteiger partial charge in [-0.2, -0.15) is 0 Å². The molecule has 0 radical (unpaired) electrons. The van der Waals surface area contributed by atoms with Crippen molar-refractivity contribution in [1.29, 1.82) is 0 Å². The molecule has 0 unspecified atom stereocenters. The molecule has 3 rings (SSSR count). The Morgan fingerprint density at radius 2 is 1.85 bits per heavy atom. The molecule has 1 amide bonds. The summed E-state index contributed by atoms with van der Waals surface area (Å²) in [6.07, 6.45) is 8.87. The molecule has 1 aromatic carbocycles. The van der Waals surface area contributed by atoms with Gasteiger partial charge in [-0.05, 0) is 75.3 Å². The highest BCUT2D eigenvalue weighted by atomic mass is 16.2. The van der Waals surface area contributed by atoms with E-state index in [1.54, 1.807) is 0 Å². The summed E-state index contributed by atoms with van der Waals surface area (Å²) in [5.41, 5.74) is 8.51. The number of benzene rings is 1. The van der Waals surface area contributed by atoms with E-state index in [0.29, 0.717) is 17.9 Å². The Morgan fingerprint density at radius 3 is 2.42 bits per heavy atom. The third kappa shape index (κ3) is 4.67. The van der Waals surface area contributed by atoms with Crippen LogP contribution >= 0.6 is 0 Å². The van der Waals surface area contributed by atoms with Gasteiger partial charge in [-0.3, -0.25) is 4.79 Å². The Hall–Kier alpha value is -1.81. The fraction of sp³-hybridized carbons (Fsp3) is 0.591. The second kappa shape index (κ2) is 8.72. The summed E-state index contributed by atoms with van der Waals surface area (Å²) in [6, 6.07) is 10.3. The number of nitrogens with zero attached hydrogens (tertiary/aromatic N) is 1. The van der Waals surface area contributed by atoms with Crippen molar-refractivity contribution >= 4 is 11.6 Å². The molecule has 0 spiro atoms. The molecule has 2 saturated carbocycles. The van der Waals surface area contributed by atoms with Gasteiger partial charge in [0.2, 0.25) is 5.91 Å². The van der Waals surface area contributed by atoms with Gasteiger partial charge in [0.25, 0.3) is 0 Å². The molecule has 26 heavy (non-hydrogen) atoms. The van der Waals surface area contributed by atoms with E-state index < -0.39 is 0 Å². The third-order valence-corrected chi connectivity index (χ3v) is 6.28. The van der Waals surface area contributed by atoms with E-state index in [0.717, 1.165) is 56.3 Å². The van der Waals surface area contributed by atoms with Crippen LogP contribution in [0.5, 0.6) is 0 Å². The lowest BCUT2D eigenvalue weighted by molar-refractivity contribution is -0.136. The number of allylic oxidation sites excluding steroid dienone is 1. The van der Waals surface area contributed by atoms with Crippen LogP contribution in [0.2, 0.25) is 0 Å². The van der Waals surface area contributed by atoms with Gasteiger partial charge in [0.1, 0.15) is 0 Å². The largest absolute Gasteiger partial charge is 0.359 e. The molecule has 142 valence electrons. The number of carbonyl (C=O) groups excluding carboxylic acids is 1. The fourth-order valence-electron chi connectivity index (χ4n) is 4.27. The smallest absolute Gasteiger partial charge is 0.239 e. The maximum absolute atomic E-state index is 12.6. The molecule has 3 N–H and O–H groups in total. The number of likely N-dealkylation sites (N-methyl/N-ethyl adjacent to an activating group) is 1. The molecule has 0 aromatic heterocycles. The quantitative estimate of drug-likeness (QED) is 0.772. The first-order valence-corrected chi connectivity index (χ1v) is 10.1. The highest BCUT2D eigenvalue weighted by Gasteiger charge is 2.34. The number of para-hydroxylation sites is 1. The normalized spacial score (nSPS) is 24.4. The van der Waals surface area contributed by atoms with Gasteiger partial charge >= 0.3 is 0 Å². The SMILES string of the molecule is C=C(CC1CCC([C@H](N)C(=O)N(C)C2CCC2)CC1)Nc1ccccc1. The van der Waals surface area contributed by atoms with Crippen molar-refractivity contribution in [1.82, 2.24) is 4.90 Å². The predicted molar refractivity (Wildman–Crippen MR) is 108 cm³/mol. The van der Waals surface area contributed by atoms with Crippen LogP contribution in [0, 0.1) is 11.8 Å². The minimum absolute atomic E-state index is 0.147. The third-order valence-electron chi connectivity index (χ3n) is 6.28. The van der Waals surface area contributed by atoms with Gasteiger partial charge in [-0.25, -0.2) is 0 Å². The summed E-state index contributed by atoms with van der Waals surface area (Å²) < 4.78 is 0. The van der Waals surface area contributed by atoms with E-state index >= 15 is 0 Å². The van der Waals surface area contributed by atoms with E-state index in [9.17, 15) is 4.79 Å². The lowest BCUT2D eigenvalue weighted by Crippen LogP contribution is -2.52. The highest BCUT2D eigenvalue weighted by Crippen LogP contribution is 2.34. The van der Waals surface area contributed by atoms with Crippen molar-refractivity contribution in [3.63, 3.8) is 0 Å². The van der Waals surface area contributed by atoms with E-state index in [-0.39, 0.29) is 11.9 Å². The van der Waals surface area contributed by atoms with Crippen LogP contribution in [0.4, 0.5) is 5.69 Å². The number of nitrogens with one attached hydrogen (secondary N) is 1. The second-order valence-electron chi connectivity index (χ2n) is 8.14. The van der Waals surface area contributed by atoms with Crippen LogP contribution in [0.3, 0.4) is 0 Å². The Kier molecular flexibility index (Phi) is 6.36. The van der Waals surface area contributed by atoms with Crippen LogP contribution in [0.1, 0.15) is 51.4 Å². The van der Waals surface area contributed by atoms with Gasteiger partial charge in [-0.1, -0.05) is 24.8 Å². The Morgan fingerprint density at radius 1 is 1.19 bits per heavy atom. The average molecular weight is 356 g/mol. The Labute approximate surface area is 157 Å². The number of carbonyl (C=O) groups is 1. The van der Waals surface area contributed by atoms with Gasteiger partial charge in [0.05, 0.1) is 6.04 Å². The molecule has 2 fully saturated rings. The van der Waals surface area contributed by atoms with Gasteiger partial charge < -0.3 is 16.0 Å². The summed E-state index contributed by atoms with van der Waals surface area (Å²) >= 11 is 0. The Balaban J connectivity index is 1.42. The van der Waals surface area contributed by atoms with E-state index in [1.165, 1.54) is 6.42 Å². The number of nitrogens with two attached hydrogens (primary N) is 1. The topological polar surface area (TPSA) is 58.4 Å². The zero-order valence-electron chi connectivity index (χ0n) is 16.0. The van der Waals surface area contributed by atoms with Crippen LogP contribution in [0.25, 0.3) is 0 Å². The Bertz CT molecular complexity index is 603. The van der Waals surface area contributed by atoms with Crippen molar-refractivity contribution < 1.29 is 4.79 Å². The maximum Gasteiger partial charge on any atom is 0.239 e. The van der Waals surface area contributed by atoms with Crippen molar-refractivity contribution in [2.24, 2.45) is 17.6 Å². The van der Waals surface area contributed by atoms with Gasteiger partial charge in [-0.15, -0.1) is 0 Å². The van der Waals surface area contributed by atoms with Crippen LogP contribution in [-0.2, 0) is 4.79 Å². The first-order valence-electron chi connectivity index (χ1n) is 10.1. The van der Waals surface area contributed by atoms with Crippen molar-refractivity contribution in [2.75, 3.05) is 12.4 Å². The number of hydrogen-bond donors (Lipinski definition) is 2. The standard InChI is InChI=1S/C22H33N3O/c1-16(24-19-7-4-3-5-8-19)15-17-11-13-18(14-12-17)21(23)22(26)25(2)20-9-6-10-20/h3-5,7-8,17-18,20-21,24H,1,6,9-15,23H2,2H3/t17?,18?,21-/m0/s1. The number of hydrogen-bond acceptors (Lipinski definition) is 3. The molecule has 0 aliphatic heterocycles. The highest BCUT2D eigenvalue weighted by molar-refractivity contribution is 5.82. The molecule has 1 aromatic rings. The minimum atomic E-state index is -0.327. The molecule has 2 aliphatic rings. The summed E-state index contributed by atoms with van der Waals surface area (Å²) in [4.78, 5) is 14.5. The molecule has 4 heteroatoms. The van der Waals surface area contributed by atoms with Crippen molar-refractivity contribution in [3.8, 4) is 0 Å². The molecular weight excluding hydrogens is 322 g/mol. The summed E-state index contributed by atoms with van der Waals surface area (Å²) in [5.74, 6) is 1.12. The molecule has 4 nitrogen and oxygen atoms in total. The minimum Gasteiger partial charge on any atom is -0.359 e. The zero-order chi connectivity index (χ0) is 18.5. The lowest BCUT2D eigenvalue weighted by Gasteiger charge is -2.39. The van der Waals surface area contributed by atoms with Crippen LogP contribution in [-0.4, -0.2) is 29.9 Å². The number of anilines is 1. The van der Waals surface area contributed by atoms with Gasteiger partial charge in [0, 0.05) is 24.5 Å². The summed E-state index contributed by atoms with van der Waals surface area (Å²) in [6.45, 7) is 4.19. The van der Waals surface area contributed by atoms with Crippen LogP contribution in [0.15, 0.2) is 42.6 Å². The first kappa shape index (κ1) is 19.0. The lowest BCUT2D eigenvalue weighted by atomic mass is 9.76. The second-order valence-corrected chi connectivity index (χ2v) is 8.14. The predicted octanol–water partition coefficient (Wildman–Crippen LogP) is 4.15. The van der Waals surface area contributed by atoms with Crippen molar-refractivity contribution in [3.05, 3.63) is 42.6 Å². The van der Waals surface area contributed by atoms with Crippen molar-refractivity contribution in [2.45, 2.75) is 63.5 Å². The fourth-order valence-corrected chi connectivity index (χ4v) is 4.27. The molecule has 0 heterocycles. The maximum atomic E-state index is 12.6. The van der Waals surface area contributed by atoms with E-state index in [1.807, 2.05) is 30.1 Å². The number of amides is 1. The molecular formula is C22H33N3O. The summed E-state index contributed by atoms with van der Waals surface area (Å²) in [5, 5.41) is 3.40. The van der Waals surface area contributed by atoms with E-state index in [2.05, 4.69) is 24.0 Å². The van der Waals surface area contributed by atoms with Crippen LogP contribution < -0.4 is 11.1 Å². The molecule has 0 saturated heterocycles. The zero-order valence-corrected chi connectivity index (χ0v) is 16.0. The molecule has 0 bridgehead atoms. The molecule has 2 aliphatic carbocycles.